The molecule has 0 radical (unpaired) electrons. The van der Waals surface area contributed by atoms with E-state index in [9.17, 15) is 29.9 Å². The third kappa shape index (κ3) is 5.26. The van der Waals surface area contributed by atoms with Crippen molar-refractivity contribution in [2.24, 2.45) is 5.92 Å². The molecule has 1 unspecified atom stereocenters. The van der Waals surface area contributed by atoms with Crippen LogP contribution in [0.2, 0.25) is 0 Å². The quantitative estimate of drug-likeness (QED) is 0.249. The molecule has 32 heavy (non-hydrogen) atoms. The van der Waals surface area contributed by atoms with Gasteiger partial charge in [-0.2, -0.15) is 0 Å². The Bertz CT molecular complexity index is 1100. The van der Waals surface area contributed by atoms with E-state index in [2.05, 4.69) is 4.98 Å². The molecule has 4 atom stereocenters. The van der Waals surface area contributed by atoms with Gasteiger partial charge in [-0.1, -0.05) is 13.8 Å². The highest BCUT2D eigenvalue weighted by Gasteiger charge is 2.35. The number of ether oxygens (including phenoxy) is 2. The summed E-state index contributed by atoms with van der Waals surface area (Å²) in [4.78, 5) is 37.9. The van der Waals surface area contributed by atoms with Gasteiger partial charge in [0.15, 0.2) is 0 Å². The molecule has 0 saturated carbocycles. The van der Waals surface area contributed by atoms with Gasteiger partial charge >= 0.3 is 5.69 Å². The van der Waals surface area contributed by atoms with Crippen LogP contribution in [0.15, 0.2) is 34.0 Å². The van der Waals surface area contributed by atoms with E-state index in [1.54, 1.807) is 12.1 Å². The van der Waals surface area contributed by atoms with Gasteiger partial charge in [0.05, 0.1) is 41.5 Å². The van der Waals surface area contributed by atoms with Crippen LogP contribution in [0.5, 0.6) is 0 Å². The average molecular weight is 561 g/mol. The molecule has 0 spiro atoms. The second-order valence-corrected chi connectivity index (χ2v) is 9.12. The lowest BCUT2D eigenvalue weighted by Crippen LogP contribution is -2.34. The summed E-state index contributed by atoms with van der Waals surface area (Å²) in [5, 5.41) is 30.7. The van der Waals surface area contributed by atoms with Crippen LogP contribution in [-0.2, 0) is 16.1 Å². The molecular formula is C20H24IN3O8. The van der Waals surface area contributed by atoms with Crippen molar-refractivity contribution in [1.82, 2.24) is 9.55 Å². The highest BCUT2D eigenvalue weighted by molar-refractivity contribution is 14.1. The lowest BCUT2D eigenvalue weighted by Gasteiger charge is -2.22. The van der Waals surface area contributed by atoms with Crippen LogP contribution in [0.1, 0.15) is 43.7 Å². The Balaban J connectivity index is 1.88. The number of aromatic nitrogens is 2. The van der Waals surface area contributed by atoms with Crippen LogP contribution < -0.4 is 11.2 Å². The van der Waals surface area contributed by atoms with Crippen molar-refractivity contribution in [2.45, 2.75) is 51.4 Å². The number of H-pyrrole nitrogens is 1. The fourth-order valence-electron chi connectivity index (χ4n) is 3.63. The van der Waals surface area contributed by atoms with Gasteiger partial charge in [-0.25, -0.2) is 4.79 Å². The Morgan fingerprint density at radius 2 is 2.12 bits per heavy atom. The molecule has 3 N–H and O–H groups in total. The number of aliphatic hydroxyl groups excluding tert-OH is 2. The van der Waals surface area contributed by atoms with Gasteiger partial charge in [0.2, 0.25) is 0 Å². The number of hydrogen-bond donors (Lipinski definition) is 3. The van der Waals surface area contributed by atoms with Gasteiger partial charge in [0.25, 0.3) is 11.2 Å². The van der Waals surface area contributed by atoms with E-state index in [-0.39, 0.29) is 30.2 Å². The van der Waals surface area contributed by atoms with E-state index < -0.39 is 47.3 Å². The molecule has 0 aliphatic carbocycles. The number of aliphatic hydroxyl groups is 2. The summed E-state index contributed by atoms with van der Waals surface area (Å²) in [7, 11) is 0. The van der Waals surface area contributed by atoms with Crippen LogP contribution in [0.3, 0.4) is 0 Å². The number of nitrogens with one attached hydrogen (secondary N) is 1. The molecule has 1 aromatic heterocycles. The fraction of sp³-hybridized carbons (Fsp3) is 0.500. The second-order valence-electron chi connectivity index (χ2n) is 7.87. The van der Waals surface area contributed by atoms with E-state index in [0.29, 0.717) is 9.13 Å². The van der Waals surface area contributed by atoms with Crippen LogP contribution in [0, 0.1) is 19.6 Å². The first-order valence-corrected chi connectivity index (χ1v) is 11.0. The molecule has 0 amide bonds. The number of rotatable bonds is 8. The predicted octanol–water partition coefficient (Wildman–Crippen LogP) is 1.60. The Labute approximate surface area is 196 Å². The summed E-state index contributed by atoms with van der Waals surface area (Å²) in [6, 6.07) is 4.84. The average Bonchev–Trinajstić information content (AvgIpc) is 3.10. The molecule has 12 heteroatoms. The first-order chi connectivity index (χ1) is 15.1. The van der Waals surface area contributed by atoms with Crippen LogP contribution >= 0.6 is 22.6 Å². The van der Waals surface area contributed by atoms with E-state index in [4.69, 9.17) is 9.47 Å². The fourth-order valence-corrected chi connectivity index (χ4v) is 4.11. The zero-order valence-electron chi connectivity index (χ0n) is 17.4. The van der Waals surface area contributed by atoms with Gasteiger partial charge in [-0.05, 0) is 40.6 Å². The normalized spacial score (nSPS) is 21.8. The molecule has 2 aromatic rings. The topological polar surface area (TPSA) is 157 Å². The molecular weight excluding hydrogens is 537 g/mol. The minimum atomic E-state index is -0.949. The molecule has 1 aliphatic rings. The van der Waals surface area contributed by atoms with Gasteiger partial charge in [-0.15, -0.1) is 0 Å². The first-order valence-electron chi connectivity index (χ1n) is 9.96. The zero-order chi connectivity index (χ0) is 23.6. The molecule has 1 aliphatic heterocycles. The SMILES string of the molecule is CC(C)C(OCc1cn([C@H]2C[C@@H](O)[C@@H](CO)O2)c(=O)[nH]c1=O)c1ccc(I)cc1[N+](=O)[O-]. The number of benzene rings is 1. The largest absolute Gasteiger partial charge is 0.394 e. The molecule has 1 saturated heterocycles. The standard InChI is InChI=1S/C20H24IN3O8/c1-10(2)18(13-4-3-12(21)5-14(13)24(29)30)31-9-11-7-23(20(28)22-19(11)27)17-6-15(26)16(8-25)32-17/h3-5,7,10,15-18,25-26H,6,8-9H2,1-2H3,(H,22,27,28)/t15-,16-,17-,18?/m1/s1. The summed E-state index contributed by atoms with van der Waals surface area (Å²) in [5.41, 5.74) is -0.929. The van der Waals surface area contributed by atoms with Crippen molar-refractivity contribution >= 4 is 28.3 Å². The van der Waals surface area contributed by atoms with E-state index in [0.717, 1.165) is 4.57 Å². The van der Waals surface area contributed by atoms with Gasteiger partial charge in [0, 0.05) is 22.3 Å². The Morgan fingerprint density at radius 1 is 1.41 bits per heavy atom. The van der Waals surface area contributed by atoms with Crippen molar-refractivity contribution in [1.29, 1.82) is 0 Å². The van der Waals surface area contributed by atoms with Gasteiger partial charge < -0.3 is 19.7 Å². The Morgan fingerprint density at radius 3 is 2.72 bits per heavy atom. The number of halogens is 1. The van der Waals surface area contributed by atoms with Crippen molar-refractivity contribution in [3.63, 3.8) is 0 Å². The van der Waals surface area contributed by atoms with Crippen LogP contribution in [0.4, 0.5) is 5.69 Å². The number of nitrogens with zero attached hydrogens (tertiary/aromatic N) is 2. The lowest BCUT2D eigenvalue weighted by molar-refractivity contribution is -0.386. The molecule has 0 bridgehead atoms. The number of nitro groups is 1. The summed E-state index contributed by atoms with van der Waals surface area (Å²) >= 11 is 1.99. The maximum atomic E-state index is 12.3. The highest BCUT2D eigenvalue weighted by Crippen LogP contribution is 2.34. The van der Waals surface area contributed by atoms with Crippen LogP contribution in [-0.4, -0.2) is 43.5 Å². The lowest BCUT2D eigenvalue weighted by atomic mass is 9.97. The maximum absolute atomic E-state index is 12.3. The van der Waals surface area contributed by atoms with Crippen LogP contribution in [0.25, 0.3) is 0 Å². The molecule has 3 rings (SSSR count). The van der Waals surface area contributed by atoms with Crippen molar-refractivity contribution in [3.05, 3.63) is 70.0 Å². The number of nitro benzene ring substituents is 1. The van der Waals surface area contributed by atoms with Crippen molar-refractivity contribution < 1.29 is 24.6 Å². The predicted molar refractivity (Wildman–Crippen MR) is 121 cm³/mol. The van der Waals surface area contributed by atoms with E-state index in [1.807, 2.05) is 36.4 Å². The molecule has 2 heterocycles. The van der Waals surface area contributed by atoms with Crippen molar-refractivity contribution in [2.75, 3.05) is 6.61 Å². The molecule has 1 aromatic carbocycles. The highest BCUT2D eigenvalue weighted by atomic mass is 127. The Kier molecular flexibility index (Phi) is 7.82. The maximum Gasteiger partial charge on any atom is 0.330 e. The first kappa shape index (κ1) is 24.5. The number of hydrogen-bond acceptors (Lipinski definition) is 8. The molecule has 174 valence electrons. The third-order valence-corrected chi connectivity index (χ3v) is 5.93. The minimum Gasteiger partial charge on any atom is -0.394 e. The van der Waals surface area contributed by atoms with E-state index >= 15 is 0 Å². The smallest absolute Gasteiger partial charge is 0.330 e. The Hall–Kier alpha value is -2.13. The molecule has 1 fully saturated rings. The summed E-state index contributed by atoms with van der Waals surface area (Å²) in [6.45, 7) is 3.08. The molecule has 11 nitrogen and oxygen atoms in total. The monoisotopic (exact) mass is 561 g/mol. The van der Waals surface area contributed by atoms with E-state index in [1.165, 1.54) is 12.3 Å². The zero-order valence-corrected chi connectivity index (χ0v) is 19.6. The minimum absolute atomic E-state index is 0.0704. The third-order valence-electron chi connectivity index (χ3n) is 5.26. The van der Waals surface area contributed by atoms with Crippen molar-refractivity contribution in [3.8, 4) is 0 Å². The number of aromatic amines is 1. The summed E-state index contributed by atoms with van der Waals surface area (Å²) in [5.74, 6) is -0.141. The van der Waals surface area contributed by atoms with Gasteiger partial charge in [-0.3, -0.25) is 24.5 Å². The second kappa shape index (κ2) is 10.2. The van der Waals surface area contributed by atoms with Gasteiger partial charge in [0.1, 0.15) is 12.3 Å². The summed E-state index contributed by atoms with van der Waals surface area (Å²) < 4.78 is 13.3. The summed E-state index contributed by atoms with van der Waals surface area (Å²) in [6.07, 6.45) is -1.95.